The van der Waals surface area contributed by atoms with E-state index >= 15 is 0 Å². The summed E-state index contributed by atoms with van der Waals surface area (Å²) in [6.07, 6.45) is 1.03. The quantitative estimate of drug-likeness (QED) is 0.309. The lowest BCUT2D eigenvalue weighted by Crippen LogP contribution is -2.26. The number of aromatic nitrogens is 1. The minimum Gasteiger partial charge on any atom is -0.485 e. The topological polar surface area (TPSA) is 115 Å². The average Bonchev–Trinajstić information content (AvgIpc) is 3.19. The predicted molar refractivity (Wildman–Crippen MR) is 134 cm³/mol. The number of aryl methyl sites for hydroxylation is 1. The van der Waals surface area contributed by atoms with Gasteiger partial charge in [-0.25, -0.2) is 9.18 Å². The molecule has 1 aromatic heterocycles. The van der Waals surface area contributed by atoms with Crippen molar-refractivity contribution in [3.63, 3.8) is 0 Å². The maximum Gasteiger partial charge on any atom is 0.407 e. The number of rotatable bonds is 9. The third kappa shape index (κ3) is 5.26. The number of primary amides is 1. The van der Waals surface area contributed by atoms with Gasteiger partial charge >= 0.3 is 6.09 Å². The van der Waals surface area contributed by atoms with Crippen molar-refractivity contribution in [2.45, 2.75) is 13.0 Å². The van der Waals surface area contributed by atoms with Crippen molar-refractivity contribution in [1.29, 1.82) is 0 Å². The molecule has 0 aliphatic rings. The van der Waals surface area contributed by atoms with E-state index in [2.05, 4.69) is 0 Å². The molecule has 36 heavy (non-hydrogen) atoms. The number of hydrogen-bond acceptors (Lipinski definition) is 4. The van der Waals surface area contributed by atoms with Crippen LogP contribution in [-0.2, 0) is 6.54 Å². The molecule has 0 atom stereocenters. The molecule has 1 heterocycles. The Morgan fingerprint density at radius 3 is 2.58 bits per heavy atom. The Morgan fingerprint density at radius 2 is 1.86 bits per heavy atom. The number of benzene rings is 3. The van der Waals surface area contributed by atoms with Gasteiger partial charge in [-0.1, -0.05) is 17.7 Å². The number of carboxylic acid groups (broad SMARTS) is 1. The first-order valence-electron chi connectivity index (χ1n) is 11.1. The summed E-state index contributed by atoms with van der Waals surface area (Å²) in [5.74, 6) is -1.38. The van der Waals surface area contributed by atoms with Crippen LogP contribution in [-0.4, -0.2) is 52.6 Å². The smallest absolute Gasteiger partial charge is 0.407 e. The zero-order valence-corrected chi connectivity index (χ0v) is 20.1. The molecule has 4 aromatic rings. The first kappa shape index (κ1) is 25.0. The number of halogens is 2. The van der Waals surface area contributed by atoms with Crippen LogP contribution in [0.1, 0.15) is 27.1 Å². The Morgan fingerprint density at radius 1 is 1.08 bits per heavy atom. The Bertz CT molecular complexity index is 1500. The van der Waals surface area contributed by atoms with Crippen molar-refractivity contribution < 1.29 is 28.6 Å². The molecular formula is C26H23ClFN3O5. The van der Waals surface area contributed by atoms with Gasteiger partial charge in [0.2, 0.25) is 5.78 Å². The first-order chi connectivity index (χ1) is 17.1. The zero-order valence-electron chi connectivity index (χ0n) is 19.3. The fourth-order valence-electron chi connectivity index (χ4n) is 4.03. The summed E-state index contributed by atoms with van der Waals surface area (Å²) in [5.41, 5.74) is 6.47. The first-order valence-corrected chi connectivity index (χ1v) is 11.4. The number of fused-ring (bicyclic) bond motifs is 2. The van der Waals surface area contributed by atoms with Gasteiger partial charge in [0, 0.05) is 42.3 Å². The van der Waals surface area contributed by atoms with E-state index in [1.54, 1.807) is 41.1 Å². The molecule has 0 bridgehead atoms. The number of ketones is 1. The normalized spacial score (nSPS) is 11.1. The molecule has 186 valence electrons. The number of carbonyl (C=O) groups excluding carboxylic acids is 2. The maximum absolute atomic E-state index is 14.0. The van der Waals surface area contributed by atoms with Crippen LogP contribution in [0.5, 0.6) is 5.75 Å². The van der Waals surface area contributed by atoms with Crippen LogP contribution in [0.4, 0.5) is 9.18 Å². The van der Waals surface area contributed by atoms with Crippen LogP contribution < -0.4 is 10.5 Å². The van der Waals surface area contributed by atoms with Gasteiger partial charge in [-0.2, -0.15) is 0 Å². The summed E-state index contributed by atoms with van der Waals surface area (Å²) in [6.45, 7) is 0.280. The molecule has 8 nitrogen and oxygen atoms in total. The van der Waals surface area contributed by atoms with E-state index in [4.69, 9.17) is 27.2 Å². The summed E-state index contributed by atoms with van der Waals surface area (Å²) < 4.78 is 21.4. The third-order valence-electron chi connectivity index (χ3n) is 5.89. The molecule has 3 aromatic carbocycles. The summed E-state index contributed by atoms with van der Waals surface area (Å²) >= 11 is 6.04. The number of Topliss-reactive ketones (excluding diaryl/α,β-unsaturated/α-hetero) is 1. The maximum atomic E-state index is 14.0. The van der Waals surface area contributed by atoms with Crippen molar-refractivity contribution in [2.24, 2.45) is 5.73 Å². The average molecular weight is 512 g/mol. The Labute approximate surface area is 210 Å². The fraction of sp³-hybridized carbons (Fsp3) is 0.192. The molecule has 0 spiro atoms. The van der Waals surface area contributed by atoms with Gasteiger partial charge in [0.05, 0.1) is 11.1 Å². The number of nitrogens with zero attached hydrogens (tertiary/aromatic N) is 2. The van der Waals surface area contributed by atoms with Crippen molar-refractivity contribution in [1.82, 2.24) is 9.47 Å². The molecule has 3 N–H and O–H groups in total. The van der Waals surface area contributed by atoms with Crippen molar-refractivity contribution >= 4 is 51.1 Å². The summed E-state index contributed by atoms with van der Waals surface area (Å²) in [7, 11) is 1.46. The number of amides is 2. The Kier molecular flexibility index (Phi) is 7.12. The van der Waals surface area contributed by atoms with E-state index in [9.17, 15) is 18.8 Å². The van der Waals surface area contributed by atoms with E-state index < -0.39 is 17.8 Å². The lowest BCUT2D eigenvalue weighted by molar-refractivity contribution is 0.0913. The van der Waals surface area contributed by atoms with Crippen molar-refractivity contribution in [2.75, 3.05) is 20.2 Å². The zero-order chi connectivity index (χ0) is 26.0. The van der Waals surface area contributed by atoms with E-state index in [-0.39, 0.29) is 30.2 Å². The summed E-state index contributed by atoms with van der Waals surface area (Å²) in [4.78, 5) is 37.3. The van der Waals surface area contributed by atoms with Gasteiger partial charge in [-0.3, -0.25) is 9.59 Å². The highest BCUT2D eigenvalue weighted by Crippen LogP contribution is 2.29. The number of ether oxygens (including phenoxy) is 1. The highest BCUT2D eigenvalue weighted by molar-refractivity contribution is 6.31. The molecule has 0 unspecified atom stereocenters. The monoisotopic (exact) mass is 511 g/mol. The van der Waals surface area contributed by atoms with Crippen molar-refractivity contribution in [3.8, 4) is 5.75 Å². The SMILES string of the molecule is CN(CCCn1cc(C(=O)COc2cc3ccc(Cl)cc3cc2C(N)=O)c2ccc(F)cc21)C(=O)O. The molecule has 10 heteroatoms. The van der Waals surface area contributed by atoms with Crippen LogP contribution in [0, 0.1) is 5.82 Å². The Hall–Kier alpha value is -4.11. The minimum atomic E-state index is -1.04. The predicted octanol–water partition coefficient (Wildman–Crippen LogP) is 4.95. The van der Waals surface area contributed by atoms with Gasteiger partial charge in [-0.05, 0) is 59.7 Å². The standard InChI is InChI=1S/C26H23ClFN3O5/c1-30(26(34)35)7-2-8-31-13-21(19-6-5-18(28)12-22(19)31)23(32)14-36-24-11-15-3-4-17(27)9-16(15)10-20(24)25(29)33/h3-6,9-13H,2,7-8,14H2,1H3,(H2,29,33)(H,34,35). The van der Waals surface area contributed by atoms with Crippen LogP contribution in [0.15, 0.2) is 54.7 Å². The summed E-state index contributed by atoms with van der Waals surface area (Å²) in [5, 5.41) is 11.5. The molecule has 0 aliphatic heterocycles. The van der Waals surface area contributed by atoms with Crippen LogP contribution in [0.3, 0.4) is 0 Å². The number of hydrogen-bond donors (Lipinski definition) is 2. The largest absolute Gasteiger partial charge is 0.485 e. The lowest BCUT2D eigenvalue weighted by Gasteiger charge is -2.13. The molecule has 0 fully saturated rings. The number of carbonyl (C=O) groups is 3. The second-order valence-electron chi connectivity index (χ2n) is 8.37. The van der Waals surface area contributed by atoms with Crippen LogP contribution in [0.2, 0.25) is 5.02 Å². The molecule has 0 saturated carbocycles. The van der Waals surface area contributed by atoms with E-state index in [1.165, 1.54) is 25.2 Å². The minimum absolute atomic E-state index is 0.115. The van der Waals surface area contributed by atoms with Gasteiger partial charge in [0.15, 0.2) is 6.61 Å². The van der Waals surface area contributed by atoms with Gasteiger partial charge in [-0.15, -0.1) is 0 Å². The highest BCUT2D eigenvalue weighted by atomic mass is 35.5. The van der Waals surface area contributed by atoms with E-state index in [1.807, 2.05) is 0 Å². The van der Waals surface area contributed by atoms with Gasteiger partial charge in [0.1, 0.15) is 11.6 Å². The summed E-state index contributed by atoms with van der Waals surface area (Å²) in [6, 6.07) is 12.5. The molecular weight excluding hydrogens is 489 g/mol. The van der Waals surface area contributed by atoms with Gasteiger partial charge < -0.3 is 25.0 Å². The lowest BCUT2D eigenvalue weighted by atomic mass is 10.1. The van der Waals surface area contributed by atoms with Crippen LogP contribution in [0.25, 0.3) is 21.7 Å². The van der Waals surface area contributed by atoms with E-state index in [0.29, 0.717) is 39.8 Å². The molecule has 4 rings (SSSR count). The van der Waals surface area contributed by atoms with Gasteiger partial charge in [0.25, 0.3) is 5.91 Å². The Balaban J connectivity index is 1.59. The molecule has 0 radical (unpaired) electrons. The van der Waals surface area contributed by atoms with Crippen LogP contribution >= 0.6 is 11.6 Å². The third-order valence-corrected chi connectivity index (χ3v) is 6.12. The second kappa shape index (κ2) is 10.2. The highest BCUT2D eigenvalue weighted by Gasteiger charge is 2.19. The molecule has 2 amide bonds. The van der Waals surface area contributed by atoms with E-state index in [0.717, 1.165) is 10.3 Å². The van der Waals surface area contributed by atoms with Crippen molar-refractivity contribution in [3.05, 3.63) is 76.7 Å². The number of nitrogens with two attached hydrogens (primary N) is 1. The molecule has 0 aliphatic carbocycles. The molecule has 0 saturated heterocycles. The second-order valence-corrected chi connectivity index (χ2v) is 8.81. The fourth-order valence-corrected chi connectivity index (χ4v) is 4.21.